The predicted molar refractivity (Wildman–Crippen MR) is 137 cm³/mol. The molecule has 2 amide bonds. The molecule has 1 fully saturated rings. The van der Waals surface area contributed by atoms with E-state index in [0.29, 0.717) is 25.2 Å². The summed E-state index contributed by atoms with van der Waals surface area (Å²) in [7, 11) is -2.19. The van der Waals surface area contributed by atoms with Crippen molar-refractivity contribution in [3.8, 4) is 0 Å². The van der Waals surface area contributed by atoms with Crippen LogP contribution in [-0.4, -0.2) is 70.2 Å². The summed E-state index contributed by atoms with van der Waals surface area (Å²) in [6.07, 6.45) is 1.94. The molecule has 35 heavy (non-hydrogen) atoms. The number of ether oxygens (including phenoxy) is 1. The summed E-state index contributed by atoms with van der Waals surface area (Å²) in [6.45, 7) is 19.8. The quantitative estimate of drug-likeness (QED) is 0.531. The molecule has 10 heteroatoms. The molecule has 1 aromatic heterocycles. The minimum Gasteiger partial charge on any atom is -0.444 e. The molecule has 4 unspecified atom stereocenters. The van der Waals surface area contributed by atoms with Crippen LogP contribution in [0.5, 0.6) is 0 Å². The Morgan fingerprint density at radius 1 is 1.14 bits per heavy atom. The van der Waals surface area contributed by atoms with Crippen molar-refractivity contribution in [2.24, 2.45) is 0 Å². The molecule has 2 heterocycles. The van der Waals surface area contributed by atoms with Gasteiger partial charge in [0.25, 0.3) is 0 Å². The number of hydrogen-bond acceptors (Lipinski definition) is 7. The summed E-state index contributed by atoms with van der Waals surface area (Å²) in [4.78, 5) is 37.1. The van der Waals surface area contributed by atoms with Crippen molar-refractivity contribution in [3.05, 3.63) is 24.3 Å². The highest BCUT2D eigenvalue weighted by atomic mass is 28.4. The molecular weight excluding hydrogens is 464 g/mol. The topological polar surface area (TPSA) is 114 Å². The molecule has 1 aliphatic rings. The molecule has 0 spiro atoms. The summed E-state index contributed by atoms with van der Waals surface area (Å²) in [5.74, 6) is -0.0615. The maximum atomic E-state index is 13.9. The van der Waals surface area contributed by atoms with Gasteiger partial charge in [0.05, 0.1) is 12.2 Å². The van der Waals surface area contributed by atoms with Crippen molar-refractivity contribution in [1.29, 1.82) is 0 Å². The summed E-state index contributed by atoms with van der Waals surface area (Å²) in [5, 5.41) is 13.8. The third kappa shape index (κ3) is 6.59. The van der Waals surface area contributed by atoms with Gasteiger partial charge in [-0.05, 0) is 71.7 Å². The monoisotopic (exact) mass is 508 g/mol. The van der Waals surface area contributed by atoms with Gasteiger partial charge in [-0.25, -0.2) is 14.8 Å². The second-order valence-electron chi connectivity index (χ2n) is 12.0. The smallest absolute Gasteiger partial charge is 0.411 e. The van der Waals surface area contributed by atoms with Gasteiger partial charge in [0.1, 0.15) is 11.6 Å². The standard InChI is InChI=1S/C25H44N4O5Si/c1-17(34-35(9,10)24(6,7)8)19(20-26-14-12-15-27-20)28-21(31)25(18(2)30)13-11-16-29(25)22(32)33-23(3,4)5/h12,14-15,17-19,30H,11,13,16H2,1-10H3,(H,28,31). The van der Waals surface area contributed by atoms with E-state index in [1.165, 1.54) is 11.8 Å². The Labute approximate surface area is 211 Å². The normalized spacial score (nSPS) is 21.9. The molecule has 1 aliphatic heterocycles. The predicted octanol–water partition coefficient (Wildman–Crippen LogP) is 4.19. The van der Waals surface area contributed by atoms with E-state index in [1.54, 1.807) is 39.2 Å². The first-order valence-electron chi connectivity index (χ1n) is 12.4. The number of aliphatic hydroxyl groups is 1. The van der Waals surface area contributed by atoms with Crippen LogP contribution in [0.2, 0.25) is 18.1 Å². The Morgan fingerprint density at radius 2 is 1.71 bits per heavy atom. The third-order valence-electron chi connectivity index (χ3n) is 7.03. The van der Waals surface area contributed by atoms with Crippen LogP contribution < -0.4 is 5.32 Å². The van der Waals surface area contributed by atoms with E-state index in [2.05, 4.69) is 49.1 Å². The molecule has 2 rings (SSSR count). The minimum atomic E-state index is -2.19. The van der Waals surface area contributed by atoms with Gasteiger partial charge in [0.15, 0.2) is 19.7 Å². The van der Waals surface area contributed by atoms with Gasteiger partial charge in [0, 0.05) is 18.9 Å². The fraction of sp³-hybridized carbons (Fsp3) is 0.760. The molecule has 0 saturated carbocycles. The third-order valence-corrected chi connectivity index (χ3v) is 11.6. The number of aliphatic hydroxyl groups excluding tert-OH is 1. The summed E-state index contributed by atoms with van der Waals surface area (Å²) in [6, 6.07) is 1.04. The number of hydrogen-bond donors (Lipinski definition) is 2. The van der Waals surface area contributed by atoms with Crippen LogP contribution in [0.1, 0.15) is 80.1 Å². The molecule has 198 valence electrons. The molecule has 0 aromatic carbocycles. The number of rotatable bonds is 7. The average Bonchev–Trinajstić information content (AvgIpc) is 3.16. The van der Waals surface area contributed by atoms with Gasteiger partial charge < -0.3 is 19.6 Å². The van der Waals surface area contributed by atoms with E-state index >= 15 is 0 Å². The Morgan fingerprint density at radius 3 is 2.20 bits per heavy atom. The second-order valence-corrected chi connectivity index (χ2v) is 16.7. The zero-order chi connectivity index (χ0) is 26.8. The number of nitrogens with one attached hydrogen (secondary N) is 1. The van der Waals surface area contributed by atoms with E-state index in [0.717, 1.165) is 0 Å². The first-order valence-corrected chi connectivity index (χ1v) is 15.3. The Balaban J connectivity index is 2.42. The summed E-state index contributed by atoms with van der Waals surface area (Å²) in [5.41, 5.74) is -2.20. The lowest BCUT2D eigenvalue weighted by Crippen LogP contribution is -2.64. The fourth-order valence-electron chi connectivity index (χ4n) is 4.11. The van der Waals surface area contributed by atoms with Gasteiger partial charge in [0.2, 0.25) is 5.91 Å². The first-order chi connectivity index (χ1) is 15.9. The number of carbonyl (C=O) groups excluding carboxylic acids is 2. The van der Waals surface area contributed by atoms with E-state index < -0.39 is 49.7 Å². The lowest BCUT2D eigenvalue weighted by molar-refractivity contribution is -0.140. The van der Waals surface area contributed by atoms with Crippen molar-refractivity contribution >= 4 is 20.3 Å². The lowest BCUT2D eigenvalue weighted by Gasteiger charge is -2.42. The van der Waals surface area contributed by atoms with Crippen LogP contribution in [0.3, 0.4) is 0 Å². The van der Waals surface area contributed by atoms with Crippen molar-refractivity contribution in [2.45, 2.75) is 116 Å². The molecule has 1 aromatic rings. The van der Waals surface area contributed by atoms with Gasteiger partial charge in [-0.2, -0.15) is 0 Å². The van der Waals surface area contributed by atoms with Gasteiger partial charge in [-0.1, -0.05) is 20.8 Å². The van der Waals surface area contributed by atoms with Gasteiger partial charge in [-0.15, -0.1) is 0 Å². The van der Waals surface area contributed by atoms with Crippen molar-refractivity contribution in [3.63, 3.8) is 0 Å². The largest absolute Gasteiger partial charge is 0.444 e. The minimum absolute atomic E-state index is 0.0346. The highest BCUT2D eigenvalue weighted by Gasteiger charge is 2.55. The van der Waals surface area contributed by atoms with Crippen LogP contribution in [0.25, 0.3) is 0 Å². The highest BCUT2D eigenvalue weighted by molar-refractivity contribution is 6.74. The van der Waals surface area contributed by atoms with Gasteiger partial charge in [-0.3, -0.25) is 9.69 Å². The fourth-order valence-corrected chi connectivity index (χ4v) is 5.53. The van der Waals surface area contributed by atoms with Crippen molar-refractivity contribution < 1.29 is 23.9 Å². The second kappa shape index (κ2) is 10.5. The van der Waals surface area contributed by atoms with Crippen molar-refractivity contribution in [2.75, 3.05) is 6.54 Å². The summed E-state index contributed by atoms with van der Waals surface area (Å²) >= 11 is 0. The molecule has 0 aliphatic carbocycles. The number of aromatic nitrogens is 2. The van der Waals surface area contributed by atoms with Crippen molar-refractivity contribution in [1.82, 2.24) is 20.2 Å². The molecule has 9 nitrogen and oxygen atoms in total. The van der Waals surface area contributed by atoms with Crippen LogP contribution in [-0.2, 0) is 14.0 Å². The van der Waals surface area contributed by atoms with E-state index in [1.807, 2.05) is 6.92 Å². The van der Waals surface area contributed by atoms with E-state index in [9.17, 15) is 14.7 Å². The zero-order valence-corrected chi connectivity index (χ0v) is 24.0. The van der Waals surface area contributed by atoms with Crippen LogP contribution >= 0.6 is 0 Å². The van der Waals surface area contributed by atoms with E-state index in [-0.39, 0.29) is 5.04 Å². The van der Waals surface area contributed by atoms with E-state index in [4.69, 9.17) is 9.16 Å². The zero-order valence-electron chi connectivity index (χ0n) is 23.0. The number of carbonyl (C=O) groups is 2. The molecule has 0 bridgehead atoms. The Hall–Kier alpha value is -2.04. The Kier molecular flexibility index (Phi) is 8.77. The molecular formula is C25H44N4O5Si. The lowest BCUT2D eigenvalue weighted by atomic mass is 9.88. The maximum Gasteiger partial charge on any atom is 0.411 e. The Bertz CT molecular complexity index is 882. The maximum absolute atomic E-state index is 13.9. The van der Waals surface area contributed by atoms with Gasteiger partial charge >= 0.3 is 6.09 Å². The van der Waals surface area contributed by atoms with Crippen LogP contribution in [0.4, 0.5) is 4.79 Å². The highest BCUT2D eigenvalue weighted by Crippen LogP contribution is 2.39. The molecule has 0 radical (unpaired) electrons. The average molecular weight is 509 g/mol. The number of amides is 2. The summed E-state index contributed by atoms with van der Waals surface area (Å²) < 4.78 is 12.2. The van der Waals surface area contributed by atoms with Crippen LogP contribution in [0, 0.1) is 0 Å². The molecule has 1 saturated heterocycles. The number of nitrogens with zero attached hydrogens (tertiary/aromatic N) is 3. The first kappa shape index (κ1) is 29.2. The molecule has 2 N–H and O–H groups in total. The molecule has 4 atom stereocenters. The van der Waals surface area contributed by atoms with Crippen LogP contribution in [0.15, 0.2) is 18.5 Å². The SMILES string of the molecule is CC(O[Si](C)(C)C(C)(C)C)C(NC(=O)C1(C(C)O)CCCN1C(=O)OC(C)(C)C)c1ncccn1. The number of likely N-dealkylation sites (tertiary alicyclic amines) is 1.